The van der Waals surface area contributed by atoms with Gasteiger partial charge in [-0.15, -0.1) is 0 Å². The fraction of sp³-hybridized carbons (Fsp3) is 0.517. The first kappa shape index (κ1) is 25.0. The van der Waals surface area contributed by atoms with E-state index in [1.807, 2.05) is 30.3 Å². The van der Waals surface area contributed by atoms with Crippen molar-refractivity contribution in [3.05, 3.63) is 65.8 Å². The molecule has 0 unspecified atom stereocenters. The first-order chi connectivity index (χ1) is 15.8. The lowest BCUT2D eigenvalue weighted by Crippen LogP contribution is -2.37. The van der Waals surface area contributed by atoms with Crippen molar-refractivity contribution in [3.63, 3.8) is 0 Å². The maximum Gasteiger partial charge on any atom is 0.331 e. The number of carbonyl (C=O) groups is 2. The first-order valence-corrected chi connectivity index (χ1v) is 12.3. The van der Waals surface area contributed by atoms with E-state index in [1.54, 1.807) is 6.08 Å². The SMILES string of the molecule is CC(=O)O[C@@H]1CC=CC[C@@H](OC(=O)C=Cc2ccccc2)C[C@H]2C(C)=CC[C@H](C(C)C)[C@H]2C1. The fourth-order valence-electron chi connectivity index (χ4n) is 5.38. The molecule has 0 radical (unpaired) electrons. The number of allylic oxidation sites excluding steroid dienone is 2. The van der Waals surface area contributed by atoms with Crippen LogP contribution < -0.4 is 0 Å². The molecule has 1 aromatic rings. The minimum Gasteiger partial charge on any atom is -0.462 e. The molecule has 0 saturated heterocycles. The van der Waals surface area contributed by atoms with Crippen molar-refractivity contribution in [2.24, 2.45) is 23.7 Å². The molecular weight excluding hydrogens is 412 g/mol. The van der Waals surface area contributed by atoms with E-state index >= 15 is 0 Å². The van der Waals surface area contributed by atoms with Crippen molar-refractivity contribution in [1.29, 1.82) is 0 Å². The van der Waals surface area contributed by atoms with E-state index in [-0.39, 0.29) is 24.1 Å². The summed E-state index contributed by atoms with van der Waals surface area (Å²) < 4.78 is 11.6. The van der Waals surface area contributed by atoms with Crippen molar-refractivity contribution >= 4 is 18.0 Å². The molecule has 2 aliphatic rings. The van der Waals surface area contributed by atoms with Gasteiger partial charge in [-0.1, -0.05) is 68.0 Å². The van der Waals surface area contributed by atoms with Crippen LogP contribution in [0, 0.1) is 23.7 Å². The van der Waals surface area contributed by atoms with Gasteiger partial charge in [-0.25, -0.2) is 4.79 Å². The molecule has 0 fully saturated rings. The van der Waals surface area contributed by atoms with Crippen LogP contribution in [0.5, 0.6) is 0 Å². The Labute approximate surface area is 198 Å². The van der Waals surface area contributed by atoms with Crippen LogP contribution in [0.3, 0.4) is 0 Å². The molecule has 0 bridgehead atoms. The lowest BCUT2D eigenvalue weighted by atomic mass is 9.64. The molecule has 0 aromatic heterocycles. The van der Waals surface area contributed by atoms with Crippen LogP contribution in [-0.2, 0) is 19.1 Å². The van der Waals surface area contributed by atoms with Crippen LogP contribution >= 0.6 is 0 Å². The molecule has 0 amide bonds. The van der Waals surface area contributed by atoms with Crippen molar-refractivity contribution < 1.29 is 19.1 Å². The van der Waals surface area contributed by atoms with Gasteiger partial charge in [-0.05, 0) is 61.5 Å². The molecule has 0 spiro atoms. The van der Waals surface area contributed by atoms with Crippen LogP contribution in [0.15, 0.2) is 60.2 Å². The summed E-state index contributed by atoms with van der Waals surface area (Å²) in [5.41, 5.74) is 2.34. The highest BCUT2D eigenvalue weighted by Crippen LogP contribution is 2.44. The molecule has 4 nitrogen and oxygen atoms in total. The van der Waals surface area contributed by atoms with E-state index in [0.717, 1.165) is 24.8 Å². The summed E-state index contributed by atoms with van der Waals surface area (Å²) in [6.45, 7) is 8.25. The summed E-state index contributed by atoms with van der Waals surface area (Å²) in [5.74, 6) is 1.24. The highest BCUT2D eigenvalue weighted by Gasteiger charge is 2.38. The van der Waals surface area contributed by atoms with E-state index in [9.17, 15) is 9.59 Å². The fourth-order valence-corrected chi connectivity index (χ4v) is 5.38. The Kier molecular flexibility index (Phi) is 9.11. The number of hydrogen-bond acceptors (Lipinski definition) is 4. The summed E-state index contributed by atoms with van der Waals surface area (Å²) in [6.07, 6.45) is 13.6. The van der Waals surface area contributed by atoms with Gasteiger partial charge in [0.15, 0.2) is 0 Å². The third-order valence-corrected chi connectivity index (χ3v) is 7.06. The Morgan fingerprint density at radius 3 is 2.27 bits per heavy atom. The minimum atomic E-state index is -0.304. The zero-order valence-electron chi connectivity index (χ0n) is 20.4. The van der Waals surface area contributed by atoms with Gasteiger partial charge in [0.05, 0.1) is 0 Å². The van der Waals surface area contributed by atoms with E-state index in [2.05, 4.69) is 39.0 Å². The van der Waals surface area contributed by atoms with Gasteiger partial charge in [0.1, 0.15) is 12.2 Å². The van der Waals surface area contributed by atoms with Crippen LogP contribution in [0.25, 0.3) is 6.08 Å². The van der Waals surface area contributed by atoms with Gasteiger partial charge in [0.25, 0.3) is 0 Å². The second kappa shape index (κ2) is 12.0. The summed E-state index contributed by atoms with van der Waals surface area (Å²) in [7, 11) is 0. The highest BCUT2D eigenvalue weighted by molar-refractivity contribution is 5.87. The van der Waals surface area contributed by atoms with Crippen LogP contribution in [0.4, 0.5) is 0 Å². The number of benzene rings is 1. The van der Waals surface area contributed by atoms with Crippen LogP contribution in [0.2, 0.25) is 0 Å². The lowest BCUT2D eigenvalue weighted by molar-refractivity contribution is -0.148. The first-order valence-electron chi connectivity index (χ1n) is 12.3. The highest BCUT2D eigenvalue weighted by atomic mass is 16.5. The Balaban J connectivity index is 1.80. The largest absolute Gasteiger partial charge is 0.462 e. The molecule has 0 aliphatic heterocycles. The zero-order chi connectivity index (χ0) is 23.8. The quantitative estimate of drug-likeness (QED) is 0.291. The Bertz CT molecular complexity index is 880. The van der Waals surface area contributed by atoms with E-state index in [1.165, 1.54) is 18.6 Å². The molecule has 4 heteroatoms. The lowest BCUT2D eigenvalue weighted by Gasteiger charge is -2.42. The summed E-state index contributed by atoms with van der Waals surface area (Å²) in [4.78, 5) is 24.3. The van der Waals surface area contributed by atoms with Gasteiger partial charge in [0, 0.05) is 25.8 Å². The number of fused-ring (bicyclic) bond motifs is 1. The normalized spacial score (nSPS) is 28.2. The van der Waals surface area contributed by atoms with Crippen LogP contribution in [-0.4, -0.2) is 24.1 Å². The van der Waals surface area contributed by atoms with Gasteiger partial charge < -0.3 is 9.47 Å². The topological polar surface area (TPSA) is 52.6 Å². The molecule has 1 aromatic carbocycles. The molecule has 0 N–H and O–H groups in total. The summed E-state index contributed by atoms with van der Waals surface area (Å²) in [6, 6.07) is 9.77. The molecule has 178 valence electrons. The number of rotatable bonds is 5. The third kappa shape index (κ3) is 7.45. The summed E-state index contributed by atoms with van der Waals surface area (Å²) >= 11 is 0. The molecule has 5 atom stereocenters. The predicted molar refractivity (Wildman–Crippen MR) is 132 cm³/mol. The molecule has 3 rings (SSSR count). The van der Waals surface area contributed by atoms with Gasteiger partial charge in [0.2, 0.25) is 0 Å². The second-order valence-electron chi connectivity index (χ2n) is 9.81. The van der Waals surface area contributed by atoms with E-state index < -0.39 is 0 Å². The van der Waals surface area contributed by atoms with E-state index in [0.29, 0.717) is 36.5 Å². The molecule has 0 heterocycles. The van der Waals surface area contributed by atoms with Gasteiger partial charge >= 0.3 is 11.9 Å². The Hall–Kier alpha value is -2.62. The maximum atomic E-state index is 12.6. The van der Waals surface area contributed by atoms with Crippen molar-refractivity contribution in [2.75, 3.05) is 0 Å². The van der Waals surface area contributed by atoms with Crippen LogP contribution in [0.1, 0.15) is 65.4 Å². The number of carbonyl (C=O) groups excluding carboxylic acids is 2. The average molecular weight is 451 g/mol. The van der Waals surface area contributed by atoms with Gasteiger partial charge in [-0.3, -0.25) is 4.79 Å². The third-order valence-electron chi connectivity index (χ3n) is 7.06. The molecule has 33 heavy (non-hydrogen) atoms. The number of ether oxygens (including phenoxy) is 2. The second-order valence-corrected chi connectivity index (χ2v) is 9.81. The minimum absolute atomic E-state index is 0.105. The Morgan fingerprint density at radius 2 is 1.64 bits per heavy atom. The number of hydrogen-bond donors (Lipinski definition) is 0. The number of esters is 2. The smallest absolute Gasteiger partial charge is 0.331 e. The van der Waals surface area contributed by atoms with Crippen molar-refractivity contribution in [3.8, 4) is 0 Å². The molecule has 0 saturated carbocycles. The summed E-state index contributed by atoms with van der Waals surface area (Å²) in [5, 5.41) is 0. The van der Waals surface area contributed by atoms with E-state index in [4.69, 9.17) is 9.47 Å². The molecular formula is C29H38O4. The Morgan fingerprint density at radius 1 is 0.970 bits per heavy atom. The predicted octanol–water partition coefficient (Wildman–Crippen LogP) is 6.53. The average Bonchev–Trinajstić information content (AvgIpc) is 2.77. The molecule has 2 aliphatic carbocycles. The standard InChI is InChI=1S/C29H38O4/c1-20(2)26-16-14-21(3)27-18-25(33-29(31)17-15-23-10-6-5-7-11-23)13-9-8-12-24(19-28(26)27)32-22(4)30/h5-11,14-15,17,20,24-28H,12-13,16,18-19H2,1-4H3/t24-,25-,26-,27+,28-/m1/s1. The van der Waals surface area contributed by atoms with Crippen molar-refractivity contribution in [2.45, 2.75) is 72.0 Å². The van der Waals surface area contributed by atoms with Gasteiger partial charge in [-0.2, -0.15) is 0 Å². The monoisotopic (exact) mass is 450 g/mol. The maximum absolute atomic E-state index is 12.6. The van der Waals surface area contributed by atoms with Crippen molar-refractivity contribution in [1.82, 2.24) is 0 Å². The zero-order valence-corrected chi connectivity index (χ0v) is 20.4.